The number of fused-ring (bicyclic) bond motifs is 1. The Bertz CT molecular complexity index is 2040. The maximum atomic E-state index is 12.8. The first-order valence-electron chi connectivity index (χ1n) is 15.9. The number of thiazole rings is 1. The lowest BCUT2D eigenvalue weighted by atomic mass is 10.1. The first-order chi connectivity index (χ1) is 23.8. The molecule has 1 N–H and O–H groups in total. The number of amides is 1. The van der Waals surface area contributed by atoms with Gasteiger partial charge in [-0.15, -0.1) is 11.3 Å². The molecule has 6 rings (SSSR count). The molecule has 0 saturated heterocycles. The summed E-state index contributed by atoms with van der Waals surface area (Å²) < 4.78 is 30.5. The van der Waals surface area contributed by atoms with Crippen molar-refractivity contribution >= 4 is 34.8 Å². The van der Waals surface area contributed by atoms with Crippen molar-refractivity contribution in [2.24, 2.45) is 10.1 Å². The van der Waals surface area contributed by atoms with Crippen LogP contribution in [0.5, 0.6) is 28.7 Å². The number of hydrogen-bond donors (Lipinski definition) is 1. The minimum Gasteiger partial charge on any atom is -0.494 e. The molecule has 0 saturated carbocycles. The predicted molar refractivity (Wildman–Crippen MR) is 192 cm³/mol. The Morgan fingerprint density at radius 3 is 2.41 bits per heavy atom. The molecular formula is C38H38N4O6S. The van der Waals surface area contributed by atoms with Gasteiger partial charge in [0.15, 0.2) is 29.6 Å². The molecule has 0 spiro atoms. The summed E-state index contributed by atoms with van der Waals surface area (Å²) in [5, 5.41) is 9.85. The number of nitrogens with one attached hydrogen (secondary N) is 1. The Kier molecular flexibility index (Phi) is 10.3. The van der Waals surface area contributed by atoms with Crippen molar-refractivity contribution in [2.45, 2.75) is 27.7 Å². The predicted octanol–water partition coefficient (Wildman–Crippen LogP) is 7.45. The molecule has 1 aliphatic heterocycles. The van der Waals surface area contributed by atoms with Crippen molar-refractivity contribution in [3.8, 4) is 40.0 Å². The van der Waals surface area contributed by atoms with Crippen LogP contribution in [0.15, 0.2) is 88.3 Å². The molecule has 49 heavy (non-hydrogen) atoms. The minimum atomic E-state index is -0.257. The first-order valence-corrected chi connectivity index (χ1v) is 16.8. The second kappa shape index (κ2) is 15.1. The van der Waals surface area contributed by atoms with Crippen LogP contribution in [0.1, 0.15) is 29.2 Å². The summed E-state index contributed by atoms with van der Waals surface area (Å²) in [5.41, 5.74) is 7.22. The van der Waals surface area contributed by atoms with Gasteiger partial charge in [0.05, 0.1) is 31.3 Å². The zero-order chi connectivity index (χ0) is 34.3. The van der Waals surface area contributed by atoms with E-state index in [0.29, 0.717) is 47.6 Å². The van der Waals surface area contributed by atoms with Gasteiger partial charge in [0.1, 0.15) is 19.0 Å². The fourth-order valence-corrected chi connectivity index (χ4v) is 6.34. The third-order valence-electron chi connectivity index (χ3n) is 7.71. The molecule has 0 radical (unpaired) electrons. The van der Waals surface area contributed by atoms with Gasteiger partial charge < -0.3 is 29.0 Å². The molecule has 0 unspecified atom stereocenters. The lowest BCUT2D eigenvalue weighted by molar-refractivity contribution is -0.118. The maximum Gasteiger partial charge on any atom is 0.262 e. The highest BCUT2D eigenvalue weighted by molar-refractivity contribution is 7.07. The van der Waals surface area contributed by atoms with Gasteiger partial charge in [0.25, 0.3) is 5.91 Å². The summed E-state index contributed by atoms with van der Waals surface area (Å²) in [4.78, 5) is 18.3. The molecule has 4 aromatic carbocycles. The number of carbonyl (C=O) groups is 1. The molecule has 1 aliphatic rings. The van der Waals surface area contributed by atoms with Crippen LogP contribution in [0.25, 0.3) is 11.3 Å². The van der Waals surface area contributed by atoms with Crippen molar-refractivity contribution in [2.75, 3.05) is 38.9 Å². The van der Waals surface area contributed by atoms with E-state index in [2.05, 4.69) is 5.32 Å². The third kappa shape index (κ3) is 7.95. The molecule has 2 heterocycles. The molecule has 10 nitrogen and oxygen atoms in total. The summed E-state index contributed by atoms with van der Waals surface area (Å²) in [5.74, 6) is 2.85. The van der Waals surface area contributed by atoms with E-state index in [0.717, 1.165) is 50.6 Å². The molecule has 1 amide bonds. The Balaban J connectivity index is 1.26. The van der Waals surface area contributed by atoms with Crippen LogP contribution in [0, 0.1) is 20.8 Å². The number of rotatable bonds is 11. The molecule has 0 fully saturated rings. The van der Waals surface area contributed by atoms with Crippen LogP contribution in [-0.2, 0) is 4.79 Å². The van der Waals surface area contributed by atoms with Gasteiger partial charge in [-0.1, -0.05) is 17.7 Å². The SMILES string of the molecule is CCOc1ccc(N=c2scc(-c3ccc4c(c3)OCCO4)n2/N=C\c2ccc(OCC(=O)Nc3c(C)cc(C)cc3C)c(OC)c2)cc1. The van der Waals surface area contributed by atoms with Gasteiger partial charge in [-0.2, -0.15) is 5.10 Å². The van der Waals surface area contributed by atoms with E-state index in [9.17, 15) is 4.79 Å². The van der Waals surface area contributed by atoms with Gasteiger partial charge in [0.2, 0.25) is 4.80 Å². The van der Waals surface area contributed by atoms with Crippen molar-refractivity contribution in [3.05, 3.63) is 105 Å². The summed E-state index contributed by atoms with van der Waals surface area (Å²) >= 11 is 1.47. The lowest BCUT2D eigenvalue weighted by Crippen LogP contribution is -2.21. The number of carbonyl (C=O) groups excluding carboxylic acids is 1. The minimum absolute atomic E-state index is 0.170. The largest absolute Gasteiger partial charge is 0.494 e. The number of anilines is 1. The van der Waals surface area contributed by atoms with E-state index in [1.54, 1.807) is 24.1 Å². The molecule has 5 aromatic rings. The zero-order valence-electron chi connectivity index (χ0n) is 28.1. The maximum absolute atomic E-state index is 12.8. The number of nitrogens with zero attached hydrogens (tertiary/aromatic N) is 3. The molecular weight excluding hydrogens is 641 g/mol. The standard InChI is InChI=1S/C38H38N4O6S/c1-6-45-30-11-9-29(10-12-30)40-38-42(31(23-49-38)28-8-14-33-35(20-28)47-16-15-46-33)39-21-27-7-13-32(34(19-27)44-5)48-22-36(43)41-37-25(3)17-24(2)18-26(37)4/h7-14,17-21,23H,6,15-16,22H2,1-5H3,(H,41,43)/b39-21-,40-38?. The van der Waals surface area contributed by atoms with Crippen LogP contribution in [0.4, 0.5) is 11.4 Å². The van der Waals surface area contributed by atoms with Gasteiger partial charge in [-0.25, -0.2) is 9.67 Å². The van der Waals surface area contributed by atoms with E-state index in [1.807, 2.05) is 99.8 Å². The van der Waals surface area contributed by atoms with E-state index in [-0.39, 0.29) is 12.5 Å². The molecule has 0 bridgehead atoms. The van der Waals surface area contributed by atoms with Crippen LogP contribution in [0.2, 0.25) is 0 Å². The molecule has 1 aromatic heterocycles. The summed E-state index contributed by atoms with van der Waals surface area (Å²) in [6.45, 7) is 9.38. The molecule has 0 atom stereocenters. The Morgan fingerprint density at radius 1 is 0.918 bits per heavy atom. The average molecular weight is 679 g/mol. The molecule has 11 heteroatoms. The number of aryl methyl sites for hydroxylation is 3. The highest BCUT2D eigenvalue weighted by Gasteiger charge is 2.16. The highest BCUT2D eigenvalue weighted by Crippen LogP contribution is 2.35. The number of aromatic nitrogens is 1. The lowest BCUT2D eigenvalue weighted by Gasteiger charge is -2.18. The summed E-state index contributed by atoms with van der Waals surface area (Å²) in [7, 11) is 1.56. The Hall–Kier alpha value is -5.55. The second-order valence-electron chi connectivity index (χ2n) is 11.4. The summed E-state index contributed by atoms with van der Waals surface area (Å²) in [6.07, 6.45) is 1.73. The fourth-order valence-electron chi connectivity index (χ4n) is 5.49. The monoisotopic (exact) mass is 678 g/mol. The smallest absolute Gasteiger partial charge is 0.262 e. The van der Waals surface area contributed by atoms with Gasteiger partial charge in [0, 0.05) is 16.6 Å². The fraction of sp³-hybridized carbons (Fsp3) is 0.237. The van der Waals surface area contributed by atoms with Gasteiger partial charge >= 0.3 is 0 Å². The molecule has 252 valence electrons. The van der Waals surface area contributed by atoms with Crippen molar-refractivity contribution in [1.29, 1.82) is 0 Å². The third-order valence-corrected chi connectivity index (χ3v) is 8.52. The van der Waals surface area contributed by atoms with Gasteiger partial charge in [-0.05, 0) is 105 Å². The number of benzene rings is 4. The first kappa shape index (κ1) is 33.4. The number of methoxy groups -OCH3 is 1. The quantitative estimate of drug-likeness (QED) is 0.146. The highest BCUT2D eigenvalue weighted by atomic mass is 32.1. The molecule has 0 aliphatic carbocycles. The normalized spacial score (nSPS) is 12.6. The van der Waals surface area contributed by atoms with Crippen LogP contribution < -0.4 is 33.8 Å². The van der Waals surface area contributed by atoms with Gasteiger partial charge in [-0.3, -0.25) is 4.79 Å². The zero-order valence-corrected chi connectivity index (χ0v) is 28.9. The van der Waals surface area contributed by atoms with E-state index >= 15 is 0 Å². The van der Waals surface area contributed by atoms with E-state index in [4.69, 9.17) is 33.8 Å². The van der Waals surface area contributed by atoms with E-state index in [1.165, 1.54) is 11.3 Å². The van der Waals surface area contributed by atoms with Crippen LogP contribution in [-0.4, -0.2) is 50.3 Å². The average Bonchev–Trinajstić information content (AvgIpc) is 3.50. The van der Waals surface area contributed by atoms with E-state index < -0.39 is 0 Å². The van der Waals surface area contributed by atoms with Crippen LogP contribution in [0.3, 0.4) is 0 Å². The van der Waals surface area contributed by atoms with Crippen molar-refractivity contribution in [1.82, 2.24) is 4.68 Å². The Morgan fingerprint density at radius 2 is 1.67 bits per heavy atom. The van der Waals surface area contributed by atoms with Crippen molar-refractivity contribution < 1.29 is 28.5 Å². The topological polar surface area (TPSA) is 105 Å². The van der Waals surface area contributed by atoms with Crippen LogP contribution >= 0.6 is 11.3 Å². The Labute approximate surface area is 289 Å². The van der Waals surface area contributed by atoms with Crippen molar-refractivity contribution in [3.63, 3.8) is 0 Å². The number of ether oxygens (including phenoxy) is 5. The summed E-state index contributed by atoms with van der Waals surface area (Å²) in [6, 6.07) is 23.0. The number of hydrogen-bond acceptors (Lipinski definition) is 9. The second-order valence-corrected chi connectivity index (χ2v) is 12.2.